The Labute approximate surface area is 148 Å². The Morgan fingerprint density at radius 1 is 1.12 bits per heavy atom. The number of nitrogens with zero attached hydrogens (tertiary/aromatic N) is 2. The second-order valence-electron chi connectivity index (χ2n) is 7.02. The number of benzene rings is 1. The first-order valence-electron chi connectivity index (χ1n) is 9.21. The van der Waals surface area contributed by atoms with E-state index in [0.29, 0.717) is 31.1 Å². The minimum Gasteiger partial charge on any atom is -0.343 e. The largest absolute Gasteiger partial charge is 0.343 e. The maximum absolute atomic E-state index is 13.2. The zero-order valence-corrected chi connectivity index (χ0v) is 14.5. The molecule has 2 fully saturated rings. The molecule has 1 atom stereocenters. The molecule has 0 saturated carbocycles. The first-order chi connectivity index (χ1) is 12.1. The number of rotatable bonds is 4. The van der Waals surface area contributed by atoms with Crippen molar-refractivity contribution in [3.63, 3.8) is 0 Å². The molecule has 3 rings (SSSR count). The van der Waals surface area contributed by atoms with E-state index in [0.717, 1.165) is 45.2 Å². The Morgan fingerprint density at radius 2 is 1.88 bits per heavy atom. The Hall–Kier alpha value is -2.11. The van der Waals surface area contributed by atoms with Crippen molar-refractivity contribution in [2.24, 2.45) is 5.92 Å². The van der Waals surface area contributed by atoms with Crippen molar-refractivity contribution in [3.8, 4) is 0 Å². The third-order valence-corrected chi connectivity index (χ3v) is 5.11. The predicted molar refractivity (Wildman–Crippen MR) is 94.8 cm³/mol. The highest BCUT2D eigenvalue weighted by molar-refractivity contribution is 5.89. The van der Waals surface area contributed by atoms with Gasteiger partial charge in [-0.3, -0.25) is 4.79 Å². The zero-order valence-electron chi connectivity index (χ0n) is 14.5. The van der Waals surface area contributed by atoms with Crippen molar-refractivity contribution in [1.29, 1.82) is 0 Å². The minimum absolute atomic E-state index is 0.193. The first-order valence-corrected chi connectivity index (χ1v) is 9.21. The van der Waals surface area contributed by atoms with Gasteiger partial charge in [0.05, 0.1) is 0 Å². The van der Waals surface area contributed by atoms with E-state index in [1.54, 1.807) is 17.0 Å². The maximum Gasteiger partial charge on any atom is 0.321 e. The van der Waals surface area contributed by atoms with Gasteiger partial charge in [0.15, 0.2) is 0 Å². The van der Waals surface area contributed by atoms with Gasteiger partial charge in [-0.25, -0.2) is 9.18 Å². The molecule has 2 aliphatic heterocycles. The summed E-state index contributed by atoms with van der Waals surface area (Å²) in [6.07, 6.45) is 5.63. The Kier molecular flexibility index (Phi) is 5.89. The van der Waals surface area contributed by atoms with Gasteiger partial charge in [-0.1, -0.05) is 6.07 Å². The van der Waals surface area contributed by atoms with Crippen LogP contribution >= 0.6 is 0 Å². The van der Waals surface area contributed by atoms with Crippen LogP contribution in [0, 0.1) is 11.7 Å². The smallest absolute Gasteiger partial charge is 0.321 e. The second-order valence-corrected chi connectivity index (χ2v) is 7.02. The van der Waals surface area contributed by atoms with Gasteiger partial charge in [0.2, 0.25) is 5.91 Å². The molecule has 5 nitrogen and oxygen atoms in total. The van der Waals surface area contributed by atoms with Crippen LogP contribution in [-0.2, 0) is 4.79 Å². The number of carbonyl (C=O) groups is 2. The molecule has 6 heteroatoms. The molecule has 2 saturated heterocycles. The lowest BCUT2D eigenvalue weighted by Crippen LogP contribution is -2.42. The van der Waals surface area contributed by atoms with Crippen molar-refractivity contribution < 1.29 is 14.0 Å². The molecule has 0 spiro atoms. The number of anilines is 1. The van der Waals surface area contributed by atoms with Crippen LogP contribution in [0.2, 0.25) is 0 Å². The first kappa shape index (κ1) is 17.7. The standard InChI is InChI=1S/C19H26FN3O2/c20-16-6-3-7-17(13-16)21-19(25)23-12-4-5-15(14-23)8-9-18(24)22-10-1-2-11-22/h3,6-7,13,15H,1-2,4-5,8-12,14H2,(H,21,25)/t15-/m1/s1. The van der Waals surface area contributed by atoms with E-state index < -0.39 is 0 Å². The highest BCUT2D eigenvalue weighted by Gasteiger charge is 2.25. The lowest BCUT2D eigenvalue weighted by molar-refractivity contribution is -0.130. The number of halogens is 1. The van der Waals surface area contributed by atoms with Crippen LogP contribution in [-0.4, -0.2) is 47.9 Å². The molecule has 136 valence electrons. The topological polar surface area (TPSA) is 52.7 Å². The van der Waals surface area contributed by atoms with Crippen molar-refractivity contribution in [2.45, 2.75) is 38.5 Å². The number of hydrogen-bond donors (Lipinski definition) is 1. The fraction of sp³-hybridized carbons (Fsp3) is 0.579. The van der Waals surface area contributed by atoms with Crippen LogP contribution in [0.5, 0.6) is 0 Å². The van der Waals surface area contributed by atoms with Gasteiger partial charge in [0, 0.05) is 38.3 Å². The third kappa shape index (κ3) is 4.94. The summed E-state index contributed by atoms with van der Waals surface area (Å²) >= 11 is 0. The van der Waals surface area contributed by atoms with Crippen LogP contribution in [0.15, 0.2) is 24.3 Å². The molecule has 1 aromatic carbocycles. The molecule has 25 heavy (non-hydrogen) atoms. The van der Waals surface area contributed by atoms with E-state index in [4.69, 9.17) is 0 Å². The summed E-state index contributed by atoms with van der Waals surface area (Å²) in [5.41, 5.74) is 0.469. The molecule has 0 radical (unpaired) electrons. The second kappa shape index (κ2) is 8.32. The highest BCUT2D eigenvalue weighted by Crippen LogP contribution is 2.23. The quantitative estimate of drug-likeness (QED) is 0.907. The number of piperidine rings is 1. The average molecular weight is 347 g/mol. The fourth-order valence-corrected chi connectivity index (χ4v) is 3.71. The minimum atomic E-state index is -0.366. The zero-order chi connectivity index (χ0) is 17.6. The van der Waals surface area contributed by atoms with Crippen LogP contribution < -0.4 is 5.32 Å². The highest BCUT2D eigenvalue weighted by atomic mass is 19.1. The number of urea groups is 1. The monoisotopic (exact) mass is 347 g/mol. The van der Waals surface area contributed by atoms with Crippen molar-refractivity contribution in [1.82, 2.24) is 9.80 Å². The molecule has 0 aromatic heterocycles. The van der Waals surface area contributed by atoms with Gasteiger partial charge < -0.3 is 15.1 Å². The lowest BCUT2D eigenvalue weighted by atomic mass is 9.93. The van der Waals surface area contributed by atoms with E-state index >= 15 is 0 Å². The predicted octanol–water partition coefficient (Wildman–Crippen LogP) is 3.47. The van der Waals surface area contributed by atoms with E-state index in [1.807, 2.05) is 4.90 Å². The Morgan fingerprint density at radius 3 is 2.64 bits per heavy atom. The molecule has 1 aromatic rings. The van der Waals surface area contributed by atoms with Gasteiger partial charge in [-0.05, 0) is 56.2 Å². The van der Waals surface area contributed by atoms with Crippen LogP contribution in [0.25, 0.3) is 0 Å². The summed E-state index contributed by atoms with van der Waals surface area (Å²) in [4.78, 5) is 28.3. The van der Waals surface area contributed by atoms with Crippen molar-refractivity contribution in [2.75, 3.05) is 31.5 Å². The van der Waals surface area contributed by atoms with Gasteiger partial charge in [-0.15, -0.1) is 0 Å². The van der Waals surface area contributed by atoms with Crippen LogP contribution in [0.1, 0.15) is 38.5 Å². The van der Waals surface area contributed by atoms with Gasteiger partial charge in [0.1, 0.15) is 5.82 Å². The Bertz CT molecular complexity index is 616. The van der Waals surface area contributed by atoms with Gasteiger partial charge >= 0.3 is 6.03 Å². The van der Waals surface area contributed by atoms with Crippen molar-refractivity contribution in [3.05, 3.63) is 30.1 Å². The summed E-state index contributed by atoms with van der Waals surface area (Å²) in [7, 11) is 0. The maximum atomic E-state index is 13.2. The van der Waals surface area contributed by atoms with E-state index in [1.165, 1.54) is 12.1 Å². The van der Waals surface area contributed by atoms with Crippen LogP contribution in [0.4, 0.5) is 14.9 Å². The number of hydrogen-bond acceptors (Lipinski definition) is 2. The summed E-state index contributed by atoms with van der Waals surface area (Å²) in [5, 5.41) is 2.75. The molecule has 2 aliphatic rings. The molecule has 3 amide bonds. The number of amides is 3. The number of likely N-dealkylation sites (tertiary alicyclic amines) is 2. The van der Waals surface area contributed by atoms with Gasteiger partial charge in [0.25, 0.3) is 0 Å². The number of carbonyl (C=O) groups excluding carboxylic acids is 2. The normalized spacial score (nSPS) is 20.6. The molecule has 0 unspecified atom stereocenters. The van der Waals surface area contributed by atoms with E-state index in [9.17, 15) is 14.0 Å². The summed E-state index contributed by atoms with van der Waals surface area (Å²) in [6, 6.07) is 5.73. The van der Waals surface area contributed by atoms with E-state index in [2.05, 4.69) is 5.32 Å². The van der Waals surface area contributed by atoms with E-state index in [-0.39, 0.29) is 17.8 Å². The molecule has 0 bridgehead atoms. The molecular weight excluding hydrogens is 321 g/mol. The lowest BCUT2D eigenvalue weighted by Gasteiger charge is -2.33. The van der Waals surface area contributed by atoms with Gasteiger partial charge in [-0.2, -0.15) is 0 Å². The Balaban J connectivity index is 1.47. The summed E-state index contributed by atoms with van der Waals surface area (Å²) in [5.74, 6) is 0.243. The third-order valence-electron chi connectivity index (χ3n) is 5.11. The number of nitrogens with one attached hydrogen (secondary N) is 1. The average Bonchev–Trinajstić information content (AvgIpc) is 3.15. The molecule has 1 N–H and O–H groups in total. The fourth-order valence-electron chi connectivity index (χ4n) is 3.71. The van der Waals surface area contributed by atoms with Crippen molar-refractivity contribution >= 4 is 17.6 Å². The summed E-state index contributed by atoms with van der Waals surface area (Å²) < 4.78 is 13.2. The molecule has 2 heterocycles. The molecule has 0 aliphatic carbocycles. The molecular formula is C19H26FN3O2. The van der Waals surface area contributed by atoms with Crippen LogP contribution in [0.3, 0.4) is 0 Å². The summed E-state index contributed by atoms with van der Waals surface area (Å²) in [6.45, 7) is 3.16. The SMILES string of the molecule is O=C(CC[C@H]1CCCN(C(=O)Nc2cccc(F)c2)C1)N1CCCC1.